The SMILES string of the molecule is CC(=O)N1c2ccccc2[C@@H](Nc2ccc(F)cc2)C[C@H]1C. The summed E-state index contributed by atoms with van der Waals surface area (Å²) in [5, 5.41) is 3.45. The molecule has 0 bridgehead atoms. The van der Waals surface area contributed by atoms with Gasteiger partial charge in [-0.2, -0.15) is 0 Å². The lowest BCUT2D eigenvalue weighted by Gasteiger charge is -2.39. The van der Waals surface area contributed by atoms with E-state index in [4.69, 9.17) is 0 Å². The fourth-order valence-electron chi connectivity index (χ4n) is 3.18. The van der Waals surface area contributed by atoms with Crippen molar-refractivity contribution in [1.29, 1.82) is 0 Å². The number of nitrogens with one attached hydrogen (secondary N) is 1. The molecule has 0 fully saturated rings. The third-order valence-corrected chi connectivity index (χ3v) is 4.11. The Labute approximate surface area is 129 Å². The Balaban J connectivity index is 1.94. The Morgan fingerprint density at radius 2 is 1.86 bits per heavy atom. The van der Waals surface area contributed by atoms with Crippen LogP contribution in [0.15, 0.2) is 48.5 Å². The average molecular weight is 298 g/mol. The van der Waals surface area contributed by atoms with Crippen molar-refractivity contribution in [2.75, 3.05) is 10.2 Å². The van der Waals surface area contributed by atoms with Gasteiger partial charge in [-0.3, -0.25) is 4.79 Å². The molecule has 4 heteroatoms. The number of hydrogen-bond donors (Lipinski definition) is 1. The molecule has 1 aliphatic rings. The number of rotatable bonds is 2. The number of fused-ring (bicyclic) bond motifs is 1. The Kier molecular flexibility index (Phi) is 3.84. The van der Waals surface area contributed by atoms with Crippen molar-refractivity contribution in [2.24, 2.45) is 0 Å². The van der Waals surface area contributed by atoms with Gasteiger partial charge in [0.05, 0.1) is 6.04 Å². The molecule has 3 nitrogen and oxygen atoms in total. The van der Waals surface area contributed by atoms with Crippen LogP contribution >= 0.6 is 0 Å². The fraction of sp³-hybridized carbons (Fsp3) is 0.278. The molecule has 0 saturated heterocycles. The molecule has 3 rings (SSSR count). The summed E-state index contributed by atoms with van der Waals surface area (Å²) in [5.41, 5.74) is 2.93. The fourth-order valence-corrected chi connectivity index (χ4v) is 3.18. The minimum absolute atomic E-state index is 0.0557. The molecule has 2 aromatic rings. The first-order valence-electron chi connectivity index (χ1n) is 7.47. The minimum atomic E-state index is -0.245. The van der Waals surface area contributed by atoms with E-state index in [1.54, 1.807) is 19.1 Å². The van der Waals surface area contributed by atoms with Crippen molar-refractivity contribution in [2.45, 2.75) is 32.4 Å². The van der Waals surface area contributed by atoms with Crippen molar-refractivity contribution in [3.8, 4) is 0 Å². The van der Waals surface area contributed by atoms with Gasteiger partial charge in [0.15, 0.2) is 0 Å². The first kappa shape index (κ1) is 14.6. The van der Waals surface area contributed by atoms with E-state index in [2.05, 4.69) is 12.2 Å². The zero-order valence-corrected chi connectivity index (χ0v) is 12.7. The second kappa shape index (κ2) is 5.79. The van der Waals surface area contributed by atoms with E-state index < -0.39 is 0 Å². The Morgan fingerprint density at radius 1 is 1.18 bits per heavy atom. The van der Waals surface area contributed by atoms with Gasteiger partial charge in [-0.15, -0.1) is 0 Å². The van der Waals surface area contributed by atoms with Gasteiger partial charge in [0.2, 0.25) is 5.91 Å². The molecule has 2 atom stereocenters. The highest BCUT2D eigenvalue weighted by Gasteiger charge is 2.31. The normalized spacial score (nSPS) is 20.4. The molecule has 1 heterocycles. The van der Waals surface area contributed by atoms with Crippen molar-refractivity contribution in [1.82, 2.24) is 0 Å². The second-order valence-corrected chi connectivity index (χ2v) is 5.74. The molecule has 22 heavy (non-hydrogen) atoms. The van der Waals surface area contributed by atoms with Crippen LogP contribution in [0, 0.1) is 5.82 Å². The van der Waals surface area contributed by atoms with Crippen LogP contribution in [0.3, 0.4) is 0 Å². The van der Waals surface area contributed by atoms with Crippen LogP contribution in [0.1, 0.15) is 31.9 Å². The number of carbonyl (C=O) groups is 1. The van der Waals surface area contributed by atoms with Crippen molar-refractivity contribution < 1.29 is 9.18 Å². The molecule has 0 saturated carbocycles. The average Bonchev–Trinajstić information content (AvgIpc) is 2.49. The zero-order valence-electron chi connectivity index (χ0n) is 12.7. The van der Waals surface area contributed by atoms with Gasteiger partial charge in [0, 0.05) is 24.3 Å². The lowest BCUT2D eigenvalue weighted by Crippen LogP contribution is -2.43. The number of nitrogens with zero attached hydrogens (tertiary/aromatic N) is 1. The maximum atomic E-state index is 13.0. The van der Waals surface area contributed by atoms with Gasteiger partial charge in [0.1, 0.15) is 5.82 Å². The van der Waals surface area contributed by atoms with Crippen molar-refractivity contribution in [3.63, 3.8) is 0 Å². The quantitative estimate of drug-likeness (QED) is 0.904. The highest BCUT2D eigenvalue weighted by atomic mass is 19.1. The molecule has 0 spiro atoms. The molecular weight excluding hydrogens is 279 g/mol. The number of carbonyl (C=O) groups excluding carboxylic acids is 1. The van der Waals surface area contributed by atoms with Gasteiger partial charge >= 0.3 is 0 Å². The summed E-state index contributed by atoms with van der Waals surface area (Å²) >= 11 is 0. The summed E-state index contributed by atoms with van der Waals surface area (Å²) in [4.78, 5) is 13.8. The molecule has 2 aromatic carbocycles. The summed E-state index contributed by atoms with van der Waals surface area (Å²) < 4.78 is 13.0. The molecular formula is C18H19FN2O. The maximum Gasteiger partial charge on any atom is 0.224 e. The molecule has 0 aromatic heterocycles. The van der Waals surface area contributed by atoms with Crippen LogP contribution < -0.4 is 10.2 Å². The Morgan fingerprint density at radius 3 is 2.55 bits per heavy atom. The first-order valence-corrected chi connectivity index (χ1v) is 7.47. The van der Waals surface area contributed by atoms with Crippen LogP contribution in [-0.2, 0) is 4.79 Å². The van der Waals surface area contributed by atoms with Crippen LogP contribution in [-0.4, -0.2) is 11.9 Å². The first-order chi connectivity index (χ1) is 10.6. The van der Waals surface area contributed by atoms with Crippen molar-refractivity contribution in [3.05, 3.63) is 59.9 Å². The minimum Gasteiger partial charge on any atom is -0.378 e. The van der Waals surface area contributed by atoms with Gasteiger partial charge in [-0.1, -0.05) is 18.2 Å². The van der Waals surface area contributed by atoms with Gasteiger partial charge in [0.25, 0.3) is 0 Å². The molecule has 1 aliphatic heterocycles. The summed E-state index contributed by atoms with van der Waals surface area (Å²) in [7, 11) is 0. The van der Waals surface area contributed by atoms with E-state index in [0.29, 0.717) is 0 Å². The summed E-state index contributed by atoms with van der Waals surface area (Å²) in [6.45, 7) is 3.65. The zero-order chi connectivity index (χ0) is 15.7. The van der Waals surface area contributed by atoms with Crippen molar-refractivity contribution >= 4 is 17.3 Å². The Hall–Kier alpha value is -2.36. The van der Waals surface area contributed by atoms with Gasteiger partial charge in [-0.25, -0.2) is 4.39 Å². The predicted octanol–water partition coefficient (Wildman–Crippen LogP) is 4.12. The highest BCUT2D eigenvalue weighted by molar-refractivity contribution is 5.93. The number of amides is 1. The predicted molar refractivity (Wildman–Crippen MR) is 86.4 cm³/mol. The largest absolute Gasteiger partial charge is 0.378 e. The highest BCUT2D eigenvalue weighted by Crippen LogP contribution is 2.38. The molecule has 114 valence electrons. The van der Waals surface area contributed by atoms with E-state index in [-0.39, 0.29) is 23.8 Å². The smallest absolute Gasteiger partial charge is 0.224 e. The maximum absolute atomic E-state index is 13.0. The third-order valence-electron chi connectivity index (χ3n) is 4.11. The monoisotopic (exact) mass is 298 g/mol. The lowest BCUT2D eigenvalue weighted by atomic mass is 9.91. The number of hydrogen-bond acceptors (Lipinski definition) is 2. The van der Waals surface area contributed by atoms with Gasteiger partial charge in [-0.05, 0) is 49.2 Å². The molecule has 1 amide bonds. The molecule has 0 aliphatic carbocycles. The van der Waals surface area contributed by atoms with Crippen LogP contribution in [0.25, 0.3) is 0 Å². The lowest BCUT2D eigenvalue weighted by molar-refractivity contribution is -0.117. The molecule has 0 radical (unpaired) electrons. The van der Waals surface area contributed by atoms with E-state index in [1.807, 2.05) is 29.2 Å². The number of benzene rings is 2. The topological polar surface area (TPSA) is 32.3 Å². The third kappa shape index (κ3) is 2.69. The number of anilines is 2. The van der Waals surface area contributed by atoms with Crippen LogP contribution in [0.2, 0.25) is 0 Å². The molecule has 1 N–H and O–H groups in total. The summed E-state index contributed by atoms with van der Waals surface area (Å²) in [6, 6.07) is 14.5. The molecule has 0 unspecified atom stereocenters. The van der Waals surface area contributed by atoms with E-state index >= 15 is 0 Å². The van der Waals surface area contributed by atoms with Crippen LogP contribution in [0.4, 0.5) is 15.8 Å². The summed E-state index contributed by atoms with van der Waals surface area (Å²) in [5.74, 6) is -0.189. The van der Waals surface area contributed by atoms with E-state index in [1.165, 1.54) is 12.1 Å². The number of para-hydroxylation sites is 1. The summed E-state index contributed by atoms with van der Waals surface area (Å²) in [6.07, 6.45) is 0.813. The number of halogens is 1. The standard InChI is InChI=1S/C18H19FN2O/c1-12-11-17(20-15-9-7-14(19)8-10-15)16-5-3-4-6-18(16)21(12)13(2)22/h3-10,12,17,20H,11H2,1-2H3/t12-,17+/m1/s1. The second-order valence-electron chi connectivity index (χ2n) is 5.74. The Bertz CT molecular complexity index is 684. The van der Waals surface area contributed by atoms with E-state index in [9.17, 15) is 9.18 Å². The van der Waals surface area contributed by atoms with Crippen LogP contribution in [0.5, 0.6) is 0 Å². The van der Waals surface area contributed by atoms with E-state index in [0.717, 1.165) is 23.4 Å². The van der Waals surface area contributed by atoms with Gasteiger partial charge < -0.3 is 10.2 Å².